The molecule has 2 amide bonds. The van der Waals surface area contributed by atoms with Crippen LogP contribution in [-0.2, 0) is 30.3 Å². The third-order valence-corrected chi connectivity index (χ3v) is 4.49. The van der Waals surface area contributed by atoms with E-state index < -0.39 is 29.8 Å². The molecular weight excluding hydrogens is 404 g/mol. The van der Waals surface area contributed by atoms with E-state index in [1.807, 2.05) is 30.3 Å². The van der Waals surface area contributed by atoms with Crippen molar-refractivity contribution < 1.29 is 33.3 Å². The van der Waals surface area contributed by atoms with E-state index in [-0.39, 0.29) is 25.8 Å². The van der Waals surface area contributed by atoms with Crippen LogP contribution in [0.4, 0.5) is 9.59 Å². The number of ether oxygens (including phenoxy) is 4. The number of hydrogen-bond donors (Lipinski definition) is 1. The van der Waals surface area contributed by atoms with Crippen LogP contribution in [0.2, 0.25) is 0 Å². The number of hydrogen-bond acceptors (Lipinski definition) is 7. The average molecular weight is 437 g/mol. The Morgan fingerprint density at radius 2 is 1.94 bits per heavy atom. The average Bonchev–Trinajstić information content (AvgIpc) is 3.23. The Morgan fingerprint density at radius 3 is 2.52 bits per heavy atom. The number of nitrogens with one attached hydrogen (secondary N) is 1. The summed E-state index contributed by atoms with van der Waals surface area (Å²) in [5.74, 6) is -0.697. The fourth-order valence-electron chi connectivity index (χ4n) is 3.03. The molecule has 0 aliphatic carbocycles. The molecule has 0 bridgehead atoms. The summed E-state index contributed by atoms with van der Waals surface area (Å²) in [5.41, 5.74) is 0.0929. The largest absolute Gasteiger partial charge is 0.467 e. The molecule has 1 N–H and O–H groups in total. The van der Waals surface area contributed by atoms with E-state index >= 15 is 0 Å². The number of carbonyl (C=O) groups is 3. The zero-order valence-corrected chi connectivity index (χ0v) is 18.6. The molecule has 172 valence electrons. The van der Waals surface area contributed by atoms with E-state index in [2.05, 4.69) is 5.32 Å². The van der Waals surface area contributed by atoms with Crippen molar-refractivity contribution in [1.82, 2.24) is 10.2 Å². The van der Waals surface area contributed by atoms with Crippen molar-refractivity contribution >= 4 is 18.2 Å². The molecule has 0 radical (unpaired) electrons. The highest BCUT2D eigenvalue weighted by molar-refractivity contribution is 5.82. The number of nitrogens with zero attached hydrogens (tertiary/aromatic N) is 1. The molecule has 0 aromatic heterocycles. The number of carbonyl (C=O) groups excluding carboxylic acids is 3. The predicted octanol–water partition coefficient (Wildman–Crippen LogP) is 2.87. The third kappa shape index (κ3) is 8.84. The van der Waals surface area contributed by atoms with Crippen molar-refractivity contribution in [2.24, 2.45) is 0 Å². The minimum atomic E-state index is -1.12. The highest BCUT2D eigenvalue weighted by Gasteiger charge is 2.32. The zero-order chi connectivity index (χ0) is 22.9. The highest BCUT2D eigenvalue weighted by atomic mass is 16.6. The molecular formula is C22H32N2O7. The molecule has 1 aliphatic rings. The van der Waals surface area contributed by atoms with E-state index in [0.29, 0.717) is 6.61 Å². The van der Waals surface area contributed by atoms with Crippen molar-refractivity contribution in [2.75, 3.05) is 26.8 Å². The van der Waals surface area contributed by atoms with Gasteiger partial charge in [0.05, 0.1) is 26.3 Å². The second-order valence-corrected chi connectivity index (χ2v) is 8.30. The lowest BCUT2D eigenvalue weighted by atomic mass is 10.2. The first-order valence-electron chi connectivity index (χ1n) is 10.3. The Bertz CT molecular complexity index is 727. The molecule has 0 spiro atoms. The normalized spacial score (nSPS) is 16.8. The number of amides is 2. The first-order valence-corrected chi connectivity index (χ1v) is 10.3. The van der Waals surface area contributed by atoms with E-state index in [4.69, 9.17) is 18.9 Å². The van der Waals surface area contributed by atoms with Crippen molar-refractivity contribution in [3.63, 3.8) is 0 Å². The summed E-state index contributed by atoms with van der Waals surface area (Å²) in [5, 5.41) is 2.49. The van der Waals surface area contributed by atoms with E-state index in [1.54, 1.807) is 20.8 Å². The SMILES string of the molecule is COC(=O)[C@H](CN(C[C@@H]1CCCO1)C(=O)OC(C)(C)C)NC(=O)OCc1ccccc1. The lowest BCUT2D eigenvalue weighted by molar-refractivity contribution is -0.143. The van der Waals surface area contributed by atoms with Gasteiger partial charge in [0.15, 0.2) is 0 Å². The number of benzene rings is 1. The smallest absolute Gasteiger partial charge is 0.410 e. The molecule has 1 saturated heterocycles. The van der Waals surface area contributed by atoms with Gasteiger partial charge in [0.2, 0.25) is 0 Å². The zero-order valence-electron chi connectivity index (χ0n) is 18.6. The predicted molar refractivity (Wildman–Crippen MR) is 112 cm³/mol. The van der Waals surface area contributed by atoms with Crippen LogP contribution in [0.25, 0.3) is 0 Å². The van der Waals surface area contributed by atoms with Crippen LogP contribution in [0.1, 0.15) is 39.2 Å². The van der Waals surface area contributed by atoms with Crippen LogP contribution in [0, 0.1) is 0 Å². The van der Waals surface area contributed by atoms with Gasteiger partial charge in [-0.2, -0.15) is 0 Å². The Kier molecular flexibility index (Phi) is 9.11. The van der Waals surface area contributed by atoms with Gasteiger partial charge in [-0.15, -0.1) is 0 Å². The van der Waals surface area contributed by atoms with Crippen LogP contribution < -0.4 is 5.32 Å². The Hall–Kier alpha value is -2.81. The lowest BCUT2D eigenvalue weighted by Gasteiger charge is -2.31. The second-order valence-electron chi connectivity index (χ2n) is 8.30. The van der Waals surface area contributed by atoms with Crippen molar-refractivity contribution in [1.29, 1.82) is 0 Å². The van der Waals surface area contributed by atoms with Gasteiger partial charge in [-0.1, -0.05) is 30.3 Å². The summed E-state index contributed by atoms with van der Waals surface area (Å²) in [6, 6.07) is 8.03. The summed E-state index contributed by atoms with van der Waals surface area (Å²) < 4.78 is 21.1. The van der Waals surface area contributed by atoms with Gasteiger partial charge >= 0.3 is 18.2 Å². The monoisotopic (exact) mass is 436 g/mol. The minimum Gasteiger partial charge on any atom is -0.467 e. The van der Waals surface area contributed by atoms with Crippen LogP contribution in [0.15, 0.2) is 30.3 Å². The van der Waals surface area contributed by atoms with Gasteiger partial charge in [0.25, 0.3) is 0 Å². The Labute approximate surface area is 183 Å². The third-order valence-electron chi connectivity index (χ3n) is 4.49. The molecule has 9 nitrogen and oxygen atoms in total. The molecule has 0 saturated carbocycles. The molecule has 1 aliphatic heterocycles. The van der Waals surface area contributed by atoms with Crippen LogP contribution in [0.3, 0.4) is 0 Å². The fourth-order valence-corrected chi connectivity index (χ4v) is 3.03. The van der Waals surface area contributed by atoms with Gasteiger partial charge in [0.1, 0.15) is 18.2 Å². The molecule has 2 atom stereocenters. The van der Waals surface area contributed by atoms with Crippen LogP contribution in [-0.4, -0.2) is 67.6 Å². The molecule has 1 aromatic rings. The summed E-state index contributed by atoms with van der Waals surface area (Å²) in [7, 11) is 1.21. The maximum Gasteiger partial charge on any atom is 0.410 e. The molecule has 31 heavy (non-hydrogen) atoms. The van der Waals surface area contributed by atoms with Crippen molar-refractivity contribution in [2.45, 2.75) is 58.0 Å². The minimum absolute atomic E-state index is 0.0479. The van der Waals surface area contributed by atoms with Crippen LogP contribution in [0.5, 0.6) is 0 Å². The summed E-state index contributed by atoms with van der Waals surface area (Å²) in [6.07, 6.45) is 0.152. The van der Waals surface area contributed by atoms with Gasteiger partial charge in [-0.3, -0.25) is 0 Å². The summed E-state index contributed by atoms with van der Waals surface area (Å²) in [4.78, 5) is 38.7. The molecule has 2 rings (SSSR count). The first-order chi connectivity index (χ1) is 14.7. The van der Waals surface area contributed by atoms with Gasteiger partial charge in [-0.25, -0.2) is 14.4 Å². The van der Waals surface area contributed by atoms with E-state index in [1.165, 1.54) is 12.0 Å². The maximum atomic E-state index is 12.7. The van der Waals surface area contributed by atoms with E-state index in [9.17, 15) is 14.4 Å². The standard InChI is InChI=1S/C22H32N2O7/c1-22(2,3)31-21(27)24(13-17-11-8-12-29-17)14-18(19(25)28-4)23-20(26)30-15-16-9-6-5-7-10-16/h5-7,9-10,17-18H,8,11-15H2,1-4H3,(H,23,26)/t17-,18-/m0/s1. The van der Waals surface area contributed by atoms with Gasteiger partial charge < -0.3 is 29.2 Å². The topological polar surface area (TPSA) is 103 Å². The number of esters is 1. The molecule has 9 heteroatoms. The highest BCUT2D eigenvalue weighted by Crippen LogP contribution is 2.16. The quantitative estimate of drug-likeness (QED) is 0.494. The van der Waals surface area contributed by atoms with Gasteiger partial charge in [0, 0.05) is 6.61 Å². The summed E-state index contributed by atoms with van der Waals surface area (Å²) >= 11 is 0. The molecule has 1 heterocycles. The van der Waals surface area contributed by atoms with Crippen molar-refractivity contribution in [3.05, 3.63) is 35.9 Å². The molecule has 1 fully saturated rings. The van der Waals surface area contributed by atoms with Gasteiger partial charge in [-0.05, 0) is 39.2 Å². The fraction of sp³-hybridized carbons (Fsp3) is 0.591. The maximum absolute atomic E-state index is 12.7. The van der Waals surface area contributed by atoms with Crippen LogP contribution >= 0.6 is 0 Å². The molecule has 1 aromatic carbocycles. The first kappa shape index (κ1) is 24.5. The number of rotatable bonds is 8. The number of alkyl carbamates (subject to hydrolysis) is 1. The Balaban J connectivity index is 2.04. The van der Waals surface area contributed by atoms with Crippen molar-refractivity contribution in [3.8, 4) is 0 Å². The second kappa shape index (κ2) is 11.5. The van der Waals surface area contributed by atoms with E-state index in [0.717, 1.165) is 18.4 Å². The summed E-state index contributed by atoms with van der Waals surface area (Å²) in [6.45, 7) is 6.04. The number of methoxy groups -OCH3 is 1. The Morgan fingerprint density at radius 1 is 1.23 bits per heavy atom. The lowest BCUT2D eigenvalue weighted by Crippen LogP contribution is -2.52. The molecule has 0 unspecified atom stereocenters.